The Morgan fingerprint density at radius 2 is 2.22 bits per heavy atom. The fraction of sp³-hybridized carbons (Fsp3) is 0.923. The van der Waals surface area contributed by atoms with E-state index in [1.54, 1.807) is 0 Å². The van der Waals surface area contributed by atoms with Gasteiger partial charge in [0.25, 0.3) is 0 Å². The fourth-order valence-corrected chi connectivity index (χ4v) is 2.73. The smallest absolute Gasteiger partial charge is 0.140 e. The Balaban J connectivity index is 2.47. The van der Waals surface area contributed by atoms with Crippen LogP contribution in [0.1, 0.15) is 52.9 Å². The highest BCUT2D eigenvalue weighted by atomic mass is 16.5. The molecule has 106 valence electrons. The molecule has 0 radical (unpaired) electrons. The van der Waals surface area contributed by atoms with Crippen LogP contribution in [0.4, 0.5) is 0 Å². The molecule has 5 nitrogen and oxygen atoms in total. The second-order valence-corrected chi connectivity index (χ2v) is 5.29. The first-order valence-corrected chi connectivity index (χ1v) is 6.91. The molecule has 5 heteroatoms. The average Bonchev–Trinajstić information content (AvgIpc) is 2.38. The number of nitrogens with zero attached hydrogens (tertiary/aromatic N) is 1. The summed E-state index contributed by atoms with van der Waals surface area (Å²) in [4.78, 5) is 0. The quantitative estimate of drug-likeness (QED) is 0.293. The van der Waals surface area contributed by atoms with Gasteiger partial charge in [-0.15, -0.1) is 0 Å². The summed E-state index contributed by atoms with van der Waals surface area (Å²) in [6.07, 6.45) is 4.74. The molecular formula is C13H27N3O2. The summed E-state index contributed by atoms with van der Waals surface area (Å²) in [6, 6.07) is 0.676. The zero-order chi connectivity index (χ0) is 13.6. The van der Waals surface area contributed by atoms with E-state index in [9.17, 15) is 0 Å². The zero-order valence-corrected chi connectivity index (χ0v) is 11.8. The van der Waals surface area contributed by atoms with Gasteiger partial charge in [0.1, 0.15) is 5.84 Å². The number of amidine groups is 1. The van der Waals surface area contributed by atoms with Crippen molar-refractivity contribution in [2.75, 3.05) is 6.61 Å². The molecule has 1 aliphatic heterocycles. The Labute approximate surface area is 110 Å². The third-order valence-corrected chi connectivity index (χ3v) is 3.95. The van der Waals surface area contributed by atoms with E-state index in [0.717, 1.165) is 32.3 Å². The normalized spacial score (nSPS) is 25.9. The number of nitrogens with one attached hydrogen (secondary N) is 1. The van der Waals surface area contributed by atoms with Gasteiger partial charge in [-0.25, -0.2) is 0 Å². The molecule has 0 aromatic rings. The molecule has 0 amide bonds. The number of ether oxygens (including phenoxy) is 1. The lowest BCUT2D eigenvalue weighted by atomic mass is 9.85. The maximum Gasteiger partial charge on any atom is 0.140 e. The lowest BCUT2D eigenvalue weighted by molar-refractivity contribution is -0.0938. The van der Waals surface area contributed by atoms with E-state index >= 15 is 0 Å². The van der Waals surface area contributed by atoms with Crippen molar-refractivity contribution in [3.63, 3.8) is 0 Å². The van der Waals surface area contributed by atoms with Crippen LogP contribution in [0.3, 0.4) is 0 Å². The fourth-order valence-electron chi connectivity index (χ4n) is 2.73. The molecule has 1 aliphatic rings. The second kappa shape index (κ2) is 6.95. The Kier molecular flexibility index (Phi) is 5.88. The molecule has 1 rings (SSSR count). The average molecular weight is 257 g/mol. The van der Waals surface area contributed by atoms with Crippen molar-refractivity contribution < 1.29 is 9.94 Å². The molecule has 1 saturated heterocycles. The number of rotatable bonds is 6. The van der Waals surface area contributed by atoms with E-state index in [2.05, 4.69) is 31.2 Å². The Bertz CT molecular complexity index is 277. The number of oxime groups is 1. The summed E-state index contributed by atoms with van der Waals surface area (Å²) in [7, 11) is 0. The first-order chi connectivity index (χ1) is 8.55. The summed E-state index contributed by atoms with van der Waals surface area (Å²) in [5, 5.41) is 15.1. The van der Waals surface area contributed by atoms with Gasteiger partial charge in [-0.2, -0.15) is 0 Å². The minimum atomic E-state index is 0.0340. The van der Waals surface area contributed by atoms with Gasteiger partial charge in [0.2, 0.25) is 0 Å². The molecule has 0 saturated carbocycles. The predicted octanol–water partition coefficient (Wildman–Crippen LogP) is 1.84. The molecule has 0 bridgehead atoms. The van der Waals surface area contributed by atoms with E-state index in [0.29, 0.717) is 12.5 Å². The molecule has 0 aromatic heterocycles. The number of hydrogen-bond acceptors (Lipinski definition) is 4. The molecule has 2 unspecified atom stereocenters. The minimum absolute atomic E-state index is 0.0340. The summed E-state index contributed by atoms with van der Waals surface area (Å²) in [6.45, 7) is 7.25. The van der Waals surface area contributed by atoms with Crippen molar-refractivity contribution in [3.05, 3.63) is 0 Å². The van der Waals surface area contributed by atoms with E-state index in [4.69, 9.17) is 15.7 Å². The molecule has 18 heavy (non-hydrogen) atoms. The maximum atomic E-state index is 8.56. The zero-order valence-electron chi connectivity index (χ0n) is 11.8. The van der Waals surface area contributed by atoms with E-state index in [1.165, 1.54) is 0 Å². The minimum Gasteiger partial charge on any atom is -0.409 e. The SMILES string of the molecule is CCC1(CC)CC(NC(C)CC(N)=NO)CCO1. The molecule has 1 fully saturated rings. The molecule has 1 heterocycles. The van der Waals surface area contributed by atoms with Crippen molar-refractivity contribution in [2.45, 2.75) is 70.6 Å². The Morgan fingerprint density at radius 3 is 2.78 bits per heavy atom. The largest absolute Gasteiger partial charge is 0.409 e. The van der Waals surface area contributed by atoms with Crippen molar-refractivity contribution in [3.8, 4) is 0 Å². The highest BCUT2D eigenvalue weighted by molar-refractivity contribution is 5.80. The van der Waals surface area contributed by atoms with Crippen molar-refractivity contribution in [1.29, 1.82) is 0 Å². The highest BCUT2D eigenvalue weighted by Crippen LogP contribution is 2.31. The lowest BCUT2D eigenvalue weighted by Gasteiger charge is -2.41. The summed E-state index contributed by atoms with van der Waals surface area (Å²) in [5.74, 6) is 0.277. The molecule has 0 spiro atoms. The van der Waals surface area contributed by atoms with Gasteiger partial charge in [0.05, 0.1) is 5.60 Å². The van der Waals surface area contributed by atoms with Crippen LogP contribution < -0.4 is 11.1 Å². The van der Waals surface area contributed by atoms with Crippen LogP contribution in [0.25, 0.3) is 0 Å². The monoisotopic (exact) mass is 257 g/mol. The van der Waals surface area contributed by atoms with Gasteiger partial charge in [-0.1, -0.05) is 19.0 Å². The maximum absolute atomic E-state index is 8.56. The predicted molar refractivity (Wildman–Crippen MR) is 72.9 cm³/mol. The third-order valence-electron chi connectivity index (χ3n) is 3.95. The van der Waals surface area contributed by atoms with Crippen LogP contribution in [0, 0.1) is 0 Å². The molecule has 4 N–H and O–H groups in total. The van der Waals surface area contributed by atoms with Crippen LogP contribution in [0.5, 0.6) is 0 Å². The number of nitrogens with two attached hydrogens (primary N) is 1. The van der Waals surface area contributed by atoms with Crippen LogP contribution >= 0.6 is 0 Å². The first-order valence-electron chi connectivity index (χ1n) is 6.91. The van der Waals surface area contributed by atoms with Crippen LogP contribution in [0.2, 0.25) is 0 Å². The number of hydrogen-bond donors (Lipinski definition) is 3. The summed E-state index contributed by atoms with van der Waals surface area (Å²) in [5.41, 5.74) is 5.55. The van der Waals surface area contributed by atoms with Gasteiger partial charge < -0.3 is 21.0 Å². The van der Waals surface area contributed by atoms with Gasteiger partial charge in [0, 0.05) is 25.1 Å². The topological polar surface area (TPSA) is 79.9 Å². The second-order valence-electron chi connectivity index (χ2n) is 5.29. The van der Waals surface area contributed by atoms with Gasteiger partial charge in [-0.05, 0) is 32.6 Å². The van der Waals surface area contributed by atoms with E-state index in [-0.39, 0.29) is 17.5 Å². The van der Waals surface area contributed by atoms with Gasteiger partial charge in [0.15, 0.2) is 0 Å². The lowest BCUT2D eigenvalue weighted by Crippen LogP contribution is -2.49. The Hall–Kier alpha value is -0.810. The van der Waals surface area contributed by atoms with Gasteiger partial charge >= 0.3 is 0 Å². The summed E-state index contributed by atoms with van der Waals surface area (Å²) < 4.78 is 5.95. The van der Waals surface area contributed by atoms with Crippen molar-refractivity contribution in [2.24, 2.45) is 10.9 Å². The van der Waals surface area contributed by atoms with E-state index < -0.39 is 0 Å². The molecular weight excluding hydrogens is 230 g/mol. The van der Waals surface area contributed by atoms with Crippen molar-refractivity contribution in [1.82, 2.24) is 5.32 Å². The van der Waals surface area contributed by atoms with Crippen molar-refractivity contribution >= 4 is 5.84 Å². The van der Waals surface area contributed by atoms with Gasteiger partial charge in [-0.3, -0.25) is 0 Å². The Morgan fingerprint density at radius 1 is 1.56 bits per heavy atom. The summed E-state index contributed by atoms with van der Waals surface area (Å²) >= 11 is 0. The van der Waals surface area contributed by atoms with Crippen LogP contribution in [0.15, 0.2) is 5.16 Å². The standard InChI is InChI=1S/C13H27N3O2/c1-4-13(5-2)9-11(6-7-18-13)15-10(3)8-12(14)16-17/h10-11,15,17H,4-9H2,1-3H3,(H2,14,16). The third kappa shape index (κ3) is 4.14. The molecule has 0 aromatic carbocycles. The molecule has 0 aliphatic carbocycles. The highest BCUT2D eigenvalue weighted by Gasteiger charge is 2.34. The first kappa shape index (κ1) is 15.2. The van der Waals surface area contributed by atoms with Crippen LogP contribution in [-0.4, -0.2) is 35.3 Å². The van der Waals surface area contributed by atoms with E-state index in [1.807, 2.05) is 0 Å². The molecule has 2 atom stereocenters. The van der Waals surface area contributed by atoms with Crippen LogP contribution in [-0.2, 0) is 4.74 Å².